The fourth-order valence-electron chi connectivity index (χ4n) is 3.04. The molecule has 2 rings (SSSR count). The number of hydrogen-bond donors (Lipinski definition) is 1. The molecule has 0 aliphatic heterocycles. The summed E-state index contributed by atoms with van der Waals surface area (Å²) >= 11 is 5.92. The molecule has 1 aromatic carbocycles. The average molecular weight is 283 g/mol. The average Bonchev–Trinajstić information content (AvgIpc) is 2.70. The Kier molecular flexibility index (Phi) is 4.30. The summed E-state index contributed by atoms with van der Waals surface area (Å²) in [7, 11) is 0. The maximum absolute atomic E-state index is 11.1. The van der Waals surface area contributed by atoms with Gasteiger partial charge in [-0.2, -0.15) is 0 Å². The normalized spacial score (nSPS) is 26.4. The third-order valence-electron chi connectivity index (χ3n) is 4.26. The molecule has 0 spiro atoms. The number of anilines is 1. The molecule has 0 saturated heterocycles. The molecular formula is C14H19ClN2O2. The van der Waals surface area contributed by atoms with Crippen LogP contribution in [0, 0.1) is 22.0 Å². The number of halogens is 1. The van der Waals surface area contributed by atoms with E-state index < -0.39 is 4.92 Å². The first-order valence-electron chi connectivity index (χ1n) is 6.74. The van der Waals surface area contributed by atoms with Gasteiger partial charge in [0, 0.05) is 6.04 Å². The summed E-state index contributed by atoms with van der Waals surface area (Å²) in [5, 5.41) is 14.6. The minimum Gasteiger partial charge on any atom is -0.376 e. The van der Waals surface area contributed by atoms with E-state index >= 15 is 0 Å². The van der Waals surface area contributed by atoms with Crippen LogP contribution in [0.5, 0.6) is 0 Å². The lowest BCUT2D eigenvalue weighted by atomic mass is 9.93. The highest BCUT2D eigenvalue weighted by Gasteiger charge is 2.32. The Hall–Kier alpha value is -1.29. The van der Waals surface area contributed by atoms with Gasteiger partial charge in [0.05, 0.1) is 4.92 Å². The number of nitrogens with zero attached hydrogens (tertiary/aromatic N) is 1. The Labute approximate surface area is 118 Å². The van der Waals surface area contributed by atoms with Crippen LogP contribution in [0.25, 0.3) is 0 Å². The van der Waals surface area contributed by atoms with Crippen LogP contribution in [0.4, 0.5) is 11.4 Å². The third-order valence-corrected chi connectivity index (χ3v) is 4.57. The highest BCUT2D eigenvalue weighted by molar-refractivity contribution is 6.33. The summed E-state index contributed by atoms with van der Waals surface area (Å²) in [6.45, 7) is 4.42. The molecule has 104 valence electrons. The largest absolute Gasteiger partial charge is 0.376 e. The first-order chi connectivity index (χ1) is 9.04. The number of para-hydroxylation sites is 1. The molecule has 1 aromatic rings. The van der Waals surface area contributed by atoms with E-state index in [0.717, 1.165) is 12.8 Å². The number of nitro benzene ring substituents is 1. The van der Waals surface area contributed by atoms with Crippen molar-refractivity contribution >= 4 is 23.0 Å². The molecule has 0 aromatic heterocycles. The summed E-state index contributed by atoms with van der Waals surface area (Å²) in [5.74, 6) is 1.24. The van der Waals surface area contributed by atoms with Gasteiger partial charge in [-0.25, -0.2) is 0 Å². The third kappa shape index (κ3) is 2.84. The van der Waals surface area contributed by atoms with Crippen LogP contribution in [-0.2, 0) is 0 Å². The molecule has 0 radical (unpaired) electrons. The molecule has 19 heavy (non-hydrogen) atoms. The number of hydrogen-bond acceptors (Lipinski definition) is 3. The van der Waals surface area contributed by atoms with Crippen molar-refractivity contribution < 1.29 is 4.92 Å². The van der Waals surface area contributed by atoms with Gasteiger partial charge in [-0.05, 0) is 36.8 Å². The topological polar surface area (TPSA) is 55.2 Å². The Morgan fingerprint density at radius 2 is 2.21 bits per heavy atom. The van der Waals surface area contributed by atoms with Gasteiger partial charge >= 0.3 is 5.69 Å². The molecule has 1 fully saturated rings. The summed E-state index contributed by atoms with van der Waals surface area (Å²) in [4.78, 5) is 10.7. The Balaban J connectivity index is 2.20. The molecule has 1 aliphatic rings. The monoisotopic (exact) mass is 282 g/mol. The molecule has 4 nitrogen and oxygen atoms in total. The van der Waals surface area contributed by atoms with E-state index in [0.29, 0.717) is 23.6 Å². The van der Waals surface area contributed by atoms with Gasteiger partial charge in [0.15, 0.2) is 0 Å². The number of benzene rings is 1. The lowest BCUT2D eigenvalue weighted by molar-refractivity contribution is -0.383. The van der Waals surface area contributed by atoms with Crippen molar-refractivity contribution in [2.24, 2.45) is 11.8 Å². The quantitative estimate of drug-likeness (QED) is 0.654. The predicted molar refractivity (Wildman–Crippen MR) is 77.7 cm³/mol. The fraction of sp³-hybridized carbons (Fsp3) is 0.571. The van der Waals surface area contributed by atoms with Crippen LogP contribution in [0.3, 0.4) is 0 Å². The SMILES string of the molecule is CCC1CCC(Nc2cccc(Cl)c2[N+](=O)[O-])C1C. The zero-order chi connectivity index (χ0) is 14.0. The standard InChI is InChI=1S/C14H19ClN2O2/c1-3-10-7-8-12(9(10)2)16-13-6-4-5-11(15)14(13)17(18)19/h4-6,9-10,12,16H,3,7-8H2,1-2H3. The Morgan fingerprint density at radius 1 is 1.47 bits per heavy atom. The molecule has 3 unspecified atom stereocenters. The van der Waals surface area contributed by atoms with Gasteiger partial charge < -0.3 is 5.32 Å². The highest BCUT2D eigenvalue weighted by atomic mass is 35.5. The highest BCUT2D eigenvalue weighted by Crippen LogP contribution is 2.39. The van der Waals surface area contributed by atoms with E-state index in [1.807, 2.05) is 0 Å². The van der Waals surface area contributed by atoms with Crippen LogP contribution in [0.1, 0.15) is 33.1 Å². The minimum atomic E-state index is -0.415. The molecular weight excluding hydrogens is 264 g/mol. The zero-order valence-electron chi connectivity index (χ0n) is 11.2. The number of nitro groups is 1. The zero-order valence-corrected chi connectivity index (χ0v) is 12.0. The maximum Gasteiger partial charge on any atom is 0.310 e. The van der Waals surface area contributed by atoms with Crippen LogP contribution >= 0.6 is 11.6 Å². The van der Waals surface area contributed by atoms with Gasteiger partial charge in [0.2, 0.25) is 0 Å². The summed E-state index contributed by atoms with van der Waals surface area (Å²) in [6.07, 6.45) is 3.41. The van der Waals surface area contributed by atoms with Gasteiger partial charge in [-0.3, -0.25) is 10.1 Å². The van der Waals surface area contributed by atoms with Crippen molar-refractivity contribution in [1.29, 1.82) is 0 Å². The molecule has 0 bridgehead atoms. The lowest BCUT2D eigenvalue weighted by Gasteiger charge is -2.22. The molecule has 0 amide bonds. The molecule has 1 N–H and O–H groups in total. The van der Waals surface area contributed by atoms with Gasteiger partial charge in [-0.1, -0.05) is 37.9 Å². The van der Waals surface area contributed by atoms with E-state index in [9.17, 15) is 10.1 Å². The van der Waals surface area contributed by atoms with Crippen molar-refractivity contribution in [1.82, 2.24) is 0 Å². The molecule has 1 saturated carbocycles. The van der Waals surface area contributed by atoms with Crippen LogP contribution < -0.4 is 5.32 Å². The lowest BCUT2D eigenvalue weighted by Crippen LogP contribution is -2.25. The second-order valence-corrected chi connectivity index (χ2v) is 5.66. The molecule has 5 heteroatoms. The van der Waals surface area contributed by atoms with Gasteiger partial charge in [0.25, 0.3) is 0 Å². The first-order valence-corrected chi connectivity index (χ1v) is 7.11. The van der Waals surface area contributed by atoms with Gasteiger partial charge in [0.1, 0.15) is 10.7 Å². The smallest absolute Gasteiger partial charge is 0.310 e. The second-order valence-electron chi connectivity index (χ2n) is 5.25. The van der Waals surface area contributed by atoms with Crippen LogP contribution in [-0.4, -0.2) is 11.0 Å². The van der Waals surface area contributed by atoms with Crippen molar-refractivity contribution in [2.75, 3.05) is 5.32 Å². The Bertz CT molecular complexity index is 479. The summed E-state index contributed by atoms with van der Waals surface area (Å²) < 4.78 is 0. The molecule has 3 atom stereocenters. The van der Waals surface area contributed by atoms with Gasteiger partial charge in [-0.15, -0.1) is 0 Å². The van der Waals surface area contributed by atoms with E-state index in [-0.39, 0.29) is 10.7 Å². The van der Waals surface area contributed by atoms with Crippen molar-refractivity contribution in [2.45, 2.75) is 39.2 Å². The predicted octanol–water partition coefficient (Wildman–Crippen LogP) is 4.48. The van der Waals surface area contributed by atoms with E-state index in [4.69, 9.17) is 11.6 Å². The van der Waals surface area contributed by atoms with Crippen molar-refractivity contribution in [3.05, 3.63) is 33.3 Å². The number of rotatable bonds is 4. The van der Waals surface area contributed by atoms with Crippen LogP contribution in [0.2, 0.25) is 5.02 Å². The van der Waals surface area contributed by atoms with Crippen LogP contribution in [0.15, 0.2) is 18.2 Å². The molecule has 1 aliphatic carbocycles. The summed E-state index contributed by atoms with van der Waals surface area (Å²) in [5.41, 5.74) is 0.516. The maximum atomic E-state index is 11.1. The fourth-order valence-corrected chi connectivity index (χ4v) is 3.29. The number of nitrogens with one attached hydrogen (secondary N) is 1. The Morgan fingerprint density at radius 3 is 2.79 bits per heavy atom. The minimum absolute atomic E-state index is 0.0173. The first kappa shape index (κ1) is 14.1. The van der Waals surface area contributed by atoms with E-state index in [2.05, 4.69) is 19.2 Å². The summed E-state index contributed by atoms with van der Waals surface area (Å²) in [6, 6.07) is 5.32. The van der Waals surface area contributed by atoms with E-state index in [1.54, 1.807) is 18.2 Å². The second kappa shape index (κ2) is 5.78. The van der Waals surface area contributed by atoms with Crippen molar-refractivity contribution in [3.63, 3.8) is 0 Å². The molecule has 0 heterocycles. The van der Waals surface area contributed by atoms with Crippen molar-refractivity contribution in [3.8, 4) is 0 Å². The van der Waals surface area contributed by atoms with E-state index in [1.165, 1.54) is 6.42 Å².